The molecule has 0 spiro atoms. The highest BCUT2D eigenvalue weighted by Gasteiger charge is 2.09. The molecule has 0 aliphatic heterocycles. The summed E-state index contributed by atoms with van der Waals surface area (Å²) in [5.41, 5.74) is 0.766. The highest BCUT2D eigenvalue weighted by atomic mass is 35.5. The van der Waals surface area contributed by atoms with Crippen LogP contribution in [0, 0.1) is 5.82 Å². The van der Waals surface area contributed by atoms with Gasteiger partial charge in [-0.25, -0.2) is 9.37 Å². The summed E-state index contributed by atoms with van der Waals surface area (Å²) in [5, 5.41) is 0.428. The number of rotatable bonds is 3. The van der Waals surface area contributed by atoms with Gasteiger partial charge in [-0.3, -0.25) is 0 Å². The molecule has 1 heterocycles. The van der Waals surface area contributed by atoms with Gasteiger partial charge in [0.15, 0.2) is 0 Å². The zero-order chi connectivity index (χ0) is 12.3. The van der Waals surface area contributed by atoms with Crippen LogP contribution in [0.3, 0.4) is 0 Å². The van der Waals surface area contributed by atoms with E-state index >= 15 is 0 Å². The summed E-state index contributed by atoms with van der Waals surface area (Å²) in [4.78, 5) is 6.12. The van der Waals surface area contributed by atoms with Crippen LogP contribution in [-0.2, 0) is 0 Å². The number of halogens is 2. The molecule has 0 atom stereocenters. The quantitative estimate of drug-likeness (QED) is 0.765. The molecule has 0 aliphatic rings. The van der Waals surface area contributed by atoms with Crippen LogP contribution >= 0.6 is 11.6 Å². The van der Waals surface area contributed by atoms with Crippen molar-refractivity contribution in [2.45, 2.75) is 6.92 Å². The van der Waals surface area contributed by atoms with Crippen molar-refractivity contribution < 1.29 is 4.39 Å². The summed E-state index contributed by atoms with van der Waals surface area (Å²) < 4.78 is 13.2. The Hall–Kier alpha value is -1.61. The topological polar surface area (TPSA) is 16.1 Å². The molecule has 0 fully saturated rings. The third-order valence-electron chi connectivity index (χ3n) is 2.41. The molecule has 17 heavy (non-hydrogen) atoms. The van der Waals surface area contributed by atoms with Gasteiger partial charge in [-0.1, -0.05) is 23.7 Å². The number of benzene rings is 1. The minimum absolute atomic E-state index is 0.261. The third kappa shape index (κ3) is 2.74. The maximum atomic E-state index is 13.2. The molecule has 0 saturated heterocycles. The minimum atomic E-state index is -0.261. The van der Waals surface area contributed by atoms with Gasteiger partial charge in [0, 0.05) is 12.2 Å². The molecule has 0 bridgehead atoms. The lowest BCUT2D eigenvalue weighted by Gasteiger charge is -2.22. The monoisotopic (exact) mass is 250 g/mol. The van der Waals surface area contributed by atoms with Crippen molar-refractivity contribution in [3.05, 3.63) is 53.4 Å². The molecular weight excluding hydrogens is 239 g/mol. The molecule has 1 aromatic heterocycles. The Bertz CT molecular complexity index is 471. The molecule has 2 nitrogen and oxygen atoms in total. The normalized spacial score (nSPS) is 10.3. The minimum Gasteiger partial charge on any atom is -0.327 e. The van der Waals surface area contributed by atoms with Crippen LogP contribution in [-0.4, -0.2) is 11.5 Å². The number of pyridine rings is 1. The fourth-order valence-electron chi connectivity index (χ4n) is 1.67. The second-order valence-electron chi connectivity index (χ2n) is 3.54. The smallest absolute Gasteiger partial charge is 0.134 e. The molecule has 0 saturated carbocycles. The van der Waals surface area contributed by atoms with Crippen molar-refractivity contribution in [1.29, 1.82) is 0 Å². The van der Waals surface area contributed by atoms with E-state index in [9.17, 15) is 4.39 Å². The second-order valence-corrected chi connectivity index (χ2v) is 3.93. The van der Waals surface area contributed by atoms with E-state index < -0.39 is 0 Å². The van der Waals surface area contributed by atoms with Crippen molar-refractivity contribution in [3.63, 3.8) is 0 Å². The standard InChI is InChI=1S/C13H12ClFN2/c1-2-17(11-6-3-5-10(15)9-11)13-8-4-7-12(14)16-13/h3-9H,2H2,1H3. The van der Waals surface area contributed by atoms with E-state index in [2.05, 4.69) is 4.98 Å². The predicted molar refractivity (Wildman–Crippen MR) is 68.3 cm³/mol. The van der Waals surface area contributed by atoms with Crippen LogP contribution in [0.25, 0.3) is 0 Å². The van der Waals surface area contributed by atoms with Gasteiger partial charge >= 0.3 is 0 Å². The van der Waals surface area contributed by atoms with Crippen molar-refractivity contribution in [2.24, 2.45) is 0 Å². The van der Waals surface area contributed by atoms with Gasteiger partial charge in [0.2, 0.25) is 0 Å². The van der Waals surface area contributed by atoms with Gasteiger partial charge in [0.05, 0.1) is 0 Å². The van der Waals surface area contributed by atoms with Gasteiger partial charge in [-0.15, -0.1) is 0 Å². The van der Waals surface area contributed by atoms with E-state index in [1.807, 2.05) is 30.0 Å². The average molecular weight is 251 g/mol. The average Bonchev–Trinajstić information content (AvgIpc) is 2.30. The lowest BCUT2D eigenvalue weighted by Crippen LogP contribution is -2.17. The number of hydrogen-bond acceptors (Lipinski definition) is 2. The predicted octanol–water partition coefficient (Wildman–Crippen LogP) is 4.03. The highest BCUT2D eigenvalue weighted by Crippen LogP contribution is 2.24. The fraction of sp³-hybridized carbons (Fsp3) is 0.154. The molecule has 88 valence electrons. The summed E-state index contributed by atoms with van der Waals surface area (Å²) in [6, 6.07) is 11.8. The number of anilines is 2. The Balaban J connectivity index is 2.40. The molecule has 0 aliphatic carbocycles. The van der Waals surface area contributed by atoms with Crippen molar-refractivity contribution in [3.8, 4) is 0 Å². The lowest BCUT2D eigenvalue weighted by molar-refractivity contribution is 0.627. The van der Waals surface area contributed by atoms with Crippen LogP contribution in [0.5, 0.6) is 0 Å². The van der Waals surface area contributed by atoms with Gasteiger partial charge in [-0.2, -0.15) is 0 Å². The third-order valence-corrected chi connectivity index (χ3v) is 2.62. The summed E-state index contributed by atoms with van der Waals surface area (Å²) in [7, 11) is 0. The molecule has 0 N–H and O–H groups in total. The largest absolute Gasteiger partial charge is 0.327 e. The van der Waals surface area contributed by atoms with Crippen LogP contribution in [0.15, 0.2) is 42.5 Å². The molecule has 2 rings (SSSR count). The van der Waals surface area contributed by atoms with Crippen LogP contribution in [0.4, 0.5) is 15.9 Å². The molecular formula is C13H12ClFN2. The first-order chi connectivity index (χ1) is 8.20. The van der Waals surface area contributed by atoms with E-state index in [0.717, 1.165) is 5.69 Å². The zero-order valence-electron chi connectivity index (χ0n) is 9.40. The number of hydrogen-bond donors (Lipinski definition) is 0. The molecule has 1 aromatic carbocycles. The lowest BCUT2D eigenvalue weighted by atomic mass is 10.2. The van der Waals surface area contributed by atoms with E-state index in [0.29, 0.717) is 17.5 Å². The van der Waals surface area contributed by atoms with Gasteiger partial charge in [0.25, 0.3) is 0 Å². The number of nitrogens with zero attached hydrogens (tertiary/aromatic N) is 2. The number of aromatic nitrogens is 1. The Morgan fingerprint density at radius 3 is 2.65 bits per heavy atom. The summed E-state index contributed by atoms with van der Waals surface area (Å²) in [6.45, 7) is 2.67. The van der Waals surface area contributed by atoms with Crippen molar-refractivity contribution >= 4 is 23.1 Å². The molecule has 0 amide bonds. The fourth-order valence-corrected chi connectivity index (χ4v) is 1.83. The van der Waals surface area contributed by atoms with Gasteiger partial charge < -0.3 is 4.90 Å². The van der Waals surface area contributed by atoms with Gasteiger partial charge in [0.1, 0.15) is 16.8 Å². The summed E-state index contributed by atoms with van der Waals surface area (Å²) >= 11 is 5.85. The Morgan fingerprint density at radius 2 is 2.00 bits per heavy atom. The highest BCUT2D eigenvalue weighted by molar-refractivity contribution is 6.29. The maximum absolute atomic E-state index is 13.2. The maximum Gasteiger partial charge on any atom is 0.134 e. The van der Waals surface area contributed by atoms with Crippen LogP contribution in [0.1, 0.15) is 6.92 Å². The van der Waals surface area contributed by atoms with E-state index in [1.165, 1.54) is 12.1 Å². The Kier molecular flexibility index (Phi) is 3.59. The van der Waals surface area contributed by atoms with E-state index in [4.69, 9.17) is 11.6 Å². The van der Waals surface area contributed by atoms with Crippen LogP contribution in [0.2, 0.25) is 5.15 Å². The SMILES string of the molecule is CCN(c1cccc(F)c1)c1cccc(Cl)n1. The van der Waals surface area contributed by atoms with Crippen LogP contribution < -0.4 is 4.90 Å². The first-order valence-corrected chi connectivity index (χ1v) is 5.74. The molecule has 4 heteroatoms. The summed E-state index contributed by atoms with van der Waals surface area (Å²) in [5.74, 6) is 0.452. The van der Waals surface area contributed by atoms with Crippen molar-refractivity contribution in [1.82, 2.24) is 4.98 Å². The molecule has 0 unspecified atom stereocenters. The Labute approximate surface area is 105 Å². The zero-order valence-corrected chi connectivity index (χ0v) is 10.2. The summed E-state index contributed by atoms with van der Waals surface area (Å²) in [6.07, 6.45) is 0. The molecule has 2 aromatic rings. The second kappa shape index (κ2) is 5.15. The van der Waals surface area contributed by atoms with E-state index in [-0.39, 0.29) is 5.82 Å². The first kappa shape index (κ1) is 11.9. The van der Waals surface area contributed by atoms with Gasteiger partial charge in [-0.05, 0) is 37.3 Å². The van der Waals surface area contributed by atoms with E-state index in [1.54, 1.807) is 12.1 Å². The van der Waals surface area contributed by atoms with Crippen molar-refractivity contribution in [2.75, 3.05) is 11.4 Å². The molecule has 0 radical (unpaired) electrons. The Morgan fingerprint density at radius 1 is 1.24 bits per heavy atom. The first-order valence-electron chi connectivity index (χ1n) is 5.36.